The Morgan fingerprint density at radius 2 is 1.62 bits per heavy atom. The highest BCUT2D eigenvalue weighted by Gasteiger charge is 2.61. The summed E-state index contributed by atoms with van der Waals surface area (Å²) in [4.78, 5) is 17.8. The van der Waals surface area contributed by atoms with E-state index in [-0.39, 0.29) is 23.9 Å². The summed E-state index contributed by atoms with van der Waals surface area (Å²) < 4.78 is 11.9. The zero-order valence-corrected chi connectivity index (χ0v) is 19.6. The fourth-order valence-corrected chi connectivity index (χ4v) is 5.08. The second-order valence-electron chi connectivity index (χ2n) is 9.37. The topological polar surface area (TPSA) is 42.0 Å². The minimum Gasteiger partial charge on any atom is -0.497 e. The second kappa shape index (κ2) is 9.42. The van der Waals surface area contributed by atoms with Crippen molar-refractivity contribution in [3.63, 3.8) is 0 Å². The summed E-state index contributed by atoms with van der Waals surface area (Å²) in [5.74, 6) is 1.02. The van der Waals surface area contributed by atoms with Gasteiger partial charge >= 0.3 is 0 Å². The third kappa shape index (κ3) is 4.80. The van der Waals surface area contributed by atoms with Gasteiger partial charge in [0, 0.05) is 26.2 Å². The van der Waals surface area contributed by atoms with E-state index in [4.69, 9.17) is 9.47 Å². The minimum atomic E-state index is -0.545. The average molecular weight is 457 g/mol. The molecule has 2 spiro atoms. The first kappa shape index (κ1) is 23.1. The first-order valence-electron chi connectivity index (χ1n) is 11.5. The number of methoxy groups -OCH3 is 1. The molecule has 2 aromatic rings. The number of rotatable bonds is 6. The molecule has 6 heteroatoms. The summed E-state index contributed by atoms with van der Waals surface area (Å²) in [5, 5.41) is 0. The lowest BCUT2D eigenvalue weighted by Gasteiger charge is -2.50. The molecule has 3 fully saturated rings. The molecule has 1 saturated carbocycles. The van der Waals surface area contributed by atoms with Gasteiger partial charge in [-0.3, -0.25) is 4.79 Å². The normalized spacial score (nSPS) is 21.4. The van der Waals surface area contributed by atoms with Crippen LogP contribution in [0.25, 0.3) is 0 Å². The number of likely N-dealkylation sites (tertiary alicyclic amines) is 1. The zero-order valence-electron chi connectivity index (χ0n) is 18.8. The van der Waals surface area contributed by atoms with E-state index in [2.05, 4.69) is 52.3 Å². The van der Waals surface area contributed by atoms with Crippen LogP contribution in [0.3, 0.4) is 0 Å². The fraction of sp³-hybridized carbons (Fsp3) is 0.500. The summed E-state index contributed by atoms with van der Waals surface area (Å²) in [7, 11) is 1.67. The van der Waals surface area contributed by atoms with E-state index in [9.17, 15) is 4.79 Å². The van der Waals surface area contributed by atoms with Crippen LogP contribution in [0.15, 0.2) is 54.6 Å². The number of ether oxygens (including phenoxy) is 2. The number of halogens is 1. The summed E-state index contributed by atoms with van der Waals surface area (Å²) in [6, 6.07) is 18.7. The largest absolute Gasteiger partial charge is 0.497 e. The van der Waals surface area contributed by atoms with Crippen molar-refractivity contribution in [1.29, 1.82) is 0 Å². The number of benzene rings is 2. The molecule has 5 nitrogen and oxygen atoms in total. The molecule has 0 atom stereocenters. The molecule has 0 N–H and O–H groups in total. The highest BCUT2D eigenvalue weighted by molar-refractivity contribution is 5.89. The van der Waals surface area contributed by atoms with E-state index in [0.717, 1.165) is 63.1 Å². The Morgan fingerprint density at radius 1 is 0.938 bits per heavy atom. The van der Waals surface area contributed by atoms with Gasteiger partial charge in [-0.25, -0.2) is 0 Å². The average Bonchev–Trinajstić information content (AvgIpc) is 3.58. The summed E-state index contributed by atoms with van der Waals surface area (Å²) in [5.41, 5.74) is 1.80. The maximum Gasteiger partial charge on any atom is 0.255 e. The van der Waals surface area contributed by atoms with Crippen LogP contribution in [0.2, 0.25) is 0 Å². The maximum atomic E-state index is 13.2. The number of amides is 1. The monoisotopic (exact) mass is 456 g/mol. The van der Waals surface area contributed by atoms with Gasteiger partial charge in [-0.1, -0.05) is 42.5 Å². The van der Waals surface area contributed by atoms with Crippen molar-refractivity contribution in [2.24, 2.45) is 0 Å². The molecule has 3 aliphatic rings. The quantitative estimate of drug-likeness (QED) is 0.656. The van der Waals surface area contributed by atoms with Crippen LogP contribution in [-0.2, 0) is 22.5 Å². The number of morpholine rings is 1. The van der Waals surface area contributed by atoms with Crippen molar-refractivity contribution in [2.45, 2.75) is 49.9 Å². The lowest BCUT2D eigenvalue weighted by molar-refractivity contribution is -0.201. The molecule has 5 rings (SSSR count). The second-order valence-corrected chi connectivity index (χ2v) is 9.37. The molecule has 1 aliphatic carbocycles. The van der Waals surface area contributed by atoms with Crippen LogP contribution in [0.5, 0.6) is 5.75 Å². The van der Waals surface area contributed by atoms with Gasteiger partial charge in [-0.05, 0) is 55.4 Å². The molecular formula is C26H33ClN2O3. The van der Waals surface area contributed by atoms with Gasteiger partial charge in [0.05, 0.1) is 19.3 Å². The molecule has 172 valence electrons. The van der Waals surface area contributed by atoms with Crippen LogP contribution >= 0.6 is 12.4 Å². The summed E-state index contributed by atoms with van der Waals surface area (Å²) in [6.07, 6.45) is 4.81. The number of carbonyl (C=O) groups is 1. The first-order chi connectivity index (χ1) is 15.1. The maximum absolute atomic E-state index is 13.2. The Bertz CT molecular complexity index is 906. The molecule has 2 aliphatic heterocycles. The van der Waals surface area contributed by atoms with E-state index in [1.807, 2.05) is 12.1 Å². The molecular weight excluding hydrogens is 424 g/mol. The van der Waals surface area contributed by atoms with Crippen molar-refractivity contribution in [3.05, 3.63) is 65.7 Å². The van der Waals surface area contributed by atoms with Gasteiger partial charge in [-0.2, -0.15) is 0 Å². The van der Waals surface area contributed by atoms with E-state index >= 15 is 0 Å². The number of carbonyl (C=O) groups excluding carboxylic acids is 1. The van der Waals surface area contributed by atoms with Gasteiger partial charge < -0.3 is 19.3 Å². The third-order valence-corrected chi connectivity index (χ3v) is 7.13. The standard InChI is InChI=1S/C26H32N2O3.ClH/c1-30-23-9-7-22(8-10-23)19-28-20-25(31-26(12-13-26)24(28)29)14-17-27(18-15-25)16-11-21-5-3-2-4-6-21;/h2-10H,11-20H2,1H3;1H. The lowest BCUT2D eigenvalue weighted by atomic mass is 9.87. The number of nitrogens with zero attached hydrogens (tertiary/aromatic N) is 2. The van der Waals surface area contributed by atoms with E-state index < -0.39 is 5.60 Å². The van der Waals surface area contributed by atoms with Crippen molar-refractivity contribution < 1.29 is 14.3 Å². The molecule has 2 aromatic carbocycles. The molecule has 2 heterocycles. The number of hydrogen-bond acceptors (Lipinski definition) is 4. The molecule has 0 aromatic heterocycles. The molecule has 0 radical (unpaired) electrons. The Balaban J connectivity index is 0.00000245. The summed E-state index contributed by atoms with van der Waals surface area (Å²) in [6.45, 7) is 4.50. The lowest BCUT2D eigenvalue weighted by Crippen LogP contribution is -2.62. The number of piperidine rings is 1. The van der Waals surface area contributed by atoms with Crippen molar-refractivity contribution >= 4 is 18.3 Å². The Hall–Kier alpha value is -2.08. The highest BCUT2D eigenvalue weighted by atomic mass is 35.5. The molecule has 0 unspecified atom stereocenters. The fourth-order valence-electron chi connectivity index (χ4n) is 5.08. The predicted molar refractivity (Wildman–Crippen MR) is 127 cm³/mol. The smallest absolute Gasteiger partial charge is 0.255 e. The van der Waals surface area contributed by atoms with Crippen LogP contribution in [0.4, 0.5) is 0 Å². The van der Waals surface area contributed by atoms with Gasteiger partial charge in [0.2, 0.25) is 0 Å². The van der Waals surface area contributed by atoms with Gasteiger partial charge in [0.25, 0.3) is 5.91 Å². The van der Waals surface area contributed by atoms with Gasteiger partial charge in [0.1, 0.15) is 11.4 Å². The zero-order chi connectivity index (χ0) is 21.3. The van der Waals surface area contributed by atoms with Crippen LogP contribution < -0.4 is 4.74 Å². The predicted octanol–water partition coefficient (Wildman–Crippen LogP) is 4.09. The van der Waals surface area contributed by atoms with Gasteiger partial charge in [-0.15, -0.1) is 12.4 Å². The van der Waals surface area contributed by atoms with E-state index in [0.29, 0.717) is 13.1 Å². The van der Waals surface area contributed by atoms with E-state index in [1.165, 1.54) is 5.56 Å². The molecule has 2 saturated heterocycles. The summed E-state index contributed by atoms with van der Waals surface area (Å²) >= 11 is 0. The Morgan fingerprint density at radius 3 is 2.25 bits per heavy atom. The Labute approximate surface area is 197 Å². The number of hydrogen-bond donors (Lipinski definition) is 0. The van der Waals surface area contributed by atoms with Crippen LogP contribution in [0.1, 0.15) is 36.8 Å². The Kier molecular flexibility index (Phi) is 6.80. The molecule has 0 bridgehead atoms. The van der Waals surface area contributed by atoms with Gasteiger partial charge in [0.15, 0.2) is 0 Å². The SMILES string of the molecule is COc1ccc(CN2CC3(CCN(CCc4ccccc4)CC3)OC3(CC3)C2=O)cc1.Cl. The first-order valence-corrected chi connectivity index (χ1v) is 11.5. The minimum absolute atomic E-state index is 0. The van der Waals surface area contributed by atoms with Crippen molar-refractivity contribution in [2.75, 3.05) is 33.3 Å². The third-order valence-electron chi connectivity index (χ3n) is 7.13. The highest BCUT2D eigenvalue weighted by Crippen LogP contribution is 2.50. The molecule has 32 heavy (non-hydrogen) atoms. The van der Waals surface area contributed by atoms with Crippen LogP contribution in [0, 0.1) is 0 Å². The van der Waals surface area contributed by atoms with Crippen LogP contribution in [-0.4, -0.2) is 60.2 Å². The van der Waals surface area contributed by atoms with Crippen molar-refractivity contribution in [3.8, 4) is 5.75 Å². The van der Waals surface area contributed by atoms with Crippen molar-refractivity contribution in [1.82, 2.24) is 9.80 Å². The van der Waals surface area contributed by atoms with E-state index in [1.54, 1.807) is 7.11 Å². The molecule has 1 amide bonds.